The average Bonchev–Trinajstić information content (AvgIpc) is 2.51. The van der Waals surface area contributed by atoms with Crippen LogP contribution in [0.15, 0.2) is 35.2 Å². The summed E-state index contributed by atoms with van der Waals surface area (Å²) in [6.07, 6.45) is 0. The number of nitrogens with one attached hydrogen (secondary N) is 2. The van der Waals surface area contributed by atoms with Crippen molar-refractivity contribution in [1.82, 2.24) is 4.72 Å². The van der Waals surface area contributed by atoms with Crippen LogP contribution in [0.3, 0.4) is 0 Å². The van der Waals surface area contributed by atoms with Gasteiger partial charge in [-0.3, -0.25) is 4.79 Å². The zero-order valence-corrected chi connectivity index (χ0v) is 14.8. The van der Waals surface area contributed by atoms with E-state index in [0.29, 0.717) is 17.8 Å². The van der Waals surface area contributed by atoms with Crippen LogP contribution in [0.1, 0.15) is 16.7 Å². The second-order valence-electron chi connectivity index (χ2n) is 5.72. The first-order valence-electron chi connectivity index (χ1n) is 7.42. The molecule has 0 aliphatic carbocycles. The lowest BCUT2D eigenvalue weighted by atomic mass is 10.1. The highest BCUT2D eigenvalue weighted by Crippen LogP contribution is 2.22. The van der Waals surface area contributed by atoms with E-state index in [4.69, 9.17) is 0 Å². The molecule has 1 amide bonds. The molecule has 0 unspecified atom stereocenters. The standard InChI is InChI=1S/C17H18F2N2O3S/c1-10-6-11(2)17(12(3)7-10)21-16(22)9-20-25(23,24)15-8-13(18)4-5-14(15)19/h4-8,20H,9H2,1-3H3,(H,21,22). The molecule has 0 atom stereocenters. The molecule has 5 nitrogen and oxygen atoms in total. The highest BCUT2D eigenvalue weighted by atomic mass is 32.2. The van der Waals surface area contributed by atoms with Crippen LogP contribution in [0.4, 0.5) is 14.5 Å². The molecular weight excluding hydrogens is 350 g/mol. The number of amides is 1. The molecule has 0 fully saturated rings. The topological polar surface area (TPSA) is 75.3 Å². The van der Waals surface area contributed by atoms with Crippen molar-refractivity contribution in [3.63, 3.8) is 0 Å². The first-order chi connectivity index (χ1) is 11.6. The third kappa shape index (κ3) is 4.61. The molecule has 2 aromatic rings. The zero-order chi connectivity index (χ0) is 18.8. The van der Waals surface area contributed by atoms with Crippen molar-refractivity contribution in [2.45, 2.75) is 25.7 Å². The summed E-state index contributed by atoms with van der Waals surface area (Å²) in [6.45, 7) is 4.96. The quantitative estimate of drug-likeness (QED) is 0.852. The van der Waals surface area contributed by atoms with Crippen LogP contribution in [-0.2, 0) is 14.8 Å². The summed E-state index contributed by atoms with van der Waals surface area (Å²) in [4.78, 5) is 11.2. The summed E-state index contributed by atoms with van der Waals surface area (Å²) in [6, 6.07) is 5.85. The van der Waals surface area contributed by atoms with Gasteiger partial charge in [-0.2, -0.15) is 0 Å². The van der Waals surface area contributed by atoms with E-state index in [-0.39, 0.29) is 0 Å². The minimum Gasteiger partial charge on any atom is -0.324 e. The van der Waals surface area contributed by atoms with Crippen molar-refractivity contribution in [3.8, 4) is 0 Å². The van der Waals surface area contributed by atoms with Gasteiger partial charge in [-0.1, -0.05) is 17.7 Å². The third-order valence-corrected chi connectivity index (χ3v) is 4.96. The lowest BCUT2D eigenvalue weighted by molar-refractivity contribution is -0.115. The van der Waals surface area contributed by atoms with Crippen LogP contribution >= 0.6 is 0 Å². The molecule has 2 rings (SSSR count). The zero-order valence-electron chi connectivity index (χ0n) is 14.0. The van der Waals surface area contributed by atoms with Crippen molar-refractivity contribution in [2.24, 2.45) is 0 Å². The van der Waals surface area contributed by atoms with Gasteiger partial charge in [-0.05, 0) is 50.1 Å². The number of benzene rings is 2. The minimum atomic E-state index is -4.35. The summed E-state index contributed by atoms with van der Waals surface area (Å²) >= 11 is 0. The molecule has 8 heteroatoms. The molecule has 2 N–H and O–H groups in total. The Balaban J connectivity index is 2.11. The maximum atomic E-state index is 13.6. The van der Waals surface area contributed by atoms with Gasteiger partial charge < -0.3 is 5.32 Å². The van der Waals surface area contributed by atoms with Crippen molar-refractivity contribution < 1.29 is 22.0 Å². The maximum absolute atomic E-state index is 13.6. The van der Waals surface area contributed by atoms with Crippen LogP contribution in [-0.4, -0.2) is 20.9 Å². The first kappa shape index (κ1) is 19.0. The highest BCUT2D eigenvalue weighted by molar-refractivity contribution is 7.89. The Morgan fingerprint density at radius 3 is 2.24 bits per heavy atom. The summed E-state index contributed by atoms with van der Waals surface area (Å²) in [5, 5.41) is 2.62. The van der Waals surface area contributed by atoms with Crippen LogP contribution in [0, 0.1) is 32.4 Å². The number of halogens is 2. The molecule has 0 aliphatic heterocycles. The molecule has 2 aromatic carbocycles. The highest BCUT2D eigenvalue weighted by Gasteiger charge is 2.21. The van der Waals surface area contributed by atoms with Crippen LogP contribution < -0.4 is 10.0 Å². The van der Waals surface area contributed by atoms with Crippen molar-refractivity contribution in [2.75, 3.05) is 11.9 Å². The van der Waals surface area contributed by atoms with Crippen LogP contribution in [0.25, 0.3) is 0 Å². The van der Waals surface area contributed by atoms with E-state index < -0.39 is 39.0 Å². The number of anilines is 1. The Labute approximate surface area is 145 Å². The second-order valence-corrected chi connectivity index (χ2v) is 7.46. The number of rotatable bonds is 5. The number of hydrogen-bond acceptors (Lipinski definition) is 3. The Hall–Kier alpha value is -2.32. The van der Waals surface area contributed by atoms with Gasteiger partial charge in [0.25, 0.3) is 0 Å². The molecule has 0 radical (unpaired) electrons. The number of sulfonamides is 1. The fourth-order valence-corrected chi connectivity index (χ4v) is 3.55. The average molecular weight is 368 g/mol. The second kappa shape index (κ2) is 7.28. The normalized spacial score (nSPS) is 11.4. The van der Waals surface area contributed by atoms with E-state index in [9.17, 15) is 22.0 Å². The van der Waals surface area contributed by atoms with E-state index in [1.165, 1.54) is 0 Å². The third-order valence-electron chi connectivity index (χ3n) is 3.55. The lowest BCUT2D eigenvalue weighted by Crippen LogP contribution is -2.33. The van der Waals surface area contributed by atoms with E-state index in [0.717, 1.165) is 22.8 Å². The SMILES string of the molecule is Cc1cc(C)c(NC(=O)CNS(=O)(=O)c2cc(F)ccc2F)c(C)c1. The monoisotopic (exact) mass is 368 g/mol. The van der Waals surface area contributed by atoms with Gasteiger partial charge >= 0.3 is 0 Å². The summed E-state index contributed by atoms with van der Waals surface area (Å²) in [5.41, 5.74) is 3.30. The number of aryl methyl sites for hydroxylation is 3. The van der Waals surface area contributed by atoms with Crippen molar-refractivity contribution in [1.29, 1.82) is 0 Å². The van der Waals surface area contributed by atoms with Gasteiger partial charge in [0.1, 0.15) is 16.5 Å². The first-order valence-corrected chi connectivity index (χ1v) is 8.91. The van der Waals surface area contributed by atoms with Crippen LogP contribution in [0.2, 0.25) is 0 Å². The molecule has 0 bridgehead atoms. The number of carbonyl (C=O) groups is 1. The summed E-state index contributed by atoms with van der Waals surface area (Å²) in [7, 11) is -4.35. The fraction of sp³-hybridized carbons (Fsp3) is 0.235. The minimum absolute atomic E-state index is 0.559. The molecule has 0 aliphatic rings. The molecule has 0 spiro atoms. The van der Waals surface area contributed by atoms with Gasteiger partial charge in [-0.25, -0.2) is 21.9 Å². The molecule has 0 aromatic heterocycles. The predicted molar refractivity (Wildman–Crippen MR) is 90.8 cm³/mol. The molecule has 0 heterocycles. The van der Waals surface area contributed by atoms with Crippen LogP contribution in [0.5, 0.6) is 0 Å². The molecule has 0 saturated heterocycles. The largest absolute Gasteiger partial charge is 0.324 e. The van der Waals surface area contributed by atoms with Gasteiger partial charge in [0, 0.05) is 5.69 Å². The molecule has 25 heavy (non-hydrogen) atoms. The van der Waals surface area contributed by atoms with Gasteiger partial charge in [0.15, 0.2) is 0 Å². The van der Waals surface area contributed by atoms with E-state index >= 15 is 0 Å². The lowest BCUT2D eigenvalue weighted by Gasteiger charge is -2.13. The number of hydrogen-bond donors (Lipinski definition) is 2. The van der Waals surface area contributed by atoms with E-state index in [2.05, 4.69) is 5.32 Å². The Bertz CT molecular complexity index is 904. The van der Waals surface area contributed by atoms with Gasteiger partial charge in [0.05, 0.1) is 6.54 Å². The predicted octanol–water partition coefficient (Wildman–Crippen LogP) is 2.81. The van der Waals surface area contributed by atoms with Crippen molar-refractivity contribution >= 4 is 21.6 Å². The van der Waals surface area contributed by atoms with E-state index in [1.54, 1.807) is 0 Å². The van der Waals surface area contributed by atoms with Crippen molar-refractivity contribution in [3.05, 3.63) is 58.7 Å². The van der Waals surface area contributed by atoms with Gasteiger partial charge in [0.2, 0.25) is 15.9 Å². The Kier molecular flexibility index (Phi) is 5.54. The fourth-order valence-electron chi connectivity index (χ4n) is 2.48. The number of carbonyl (C=O) groups excluding carboxylic acids is 1. The van der Waals surface area contributed by atoms with E-state index in [1.807, 2.05) is 37.6 Å². The summed E-state index contributed by atoms with van der Waals surface area (Å²) in [5.74, 6) is -2.60. The molecule has 0 saturated carbocycles. The van der Waals surface area contributed by atoms with Gasteiger partial charge in [-0.15, -0.1) is 0 Å². The molecule has 134 valence electrons. The smallest absolute Gasteiger partial charge is 0.244 e. The maximum Gasteiger partial charge on any atom is 0.244 e. The Morgan fingerprint density at radius 2 is 1.64 bits per heavy atom. The summed E-state index contributed by atoms with van der Waals surface area (Å²) < 4.78 is 52.8. The Morgan fingerprint density at radius 1 is 1.04 bits per heavy atom. The molecular formula is C17H18F2N2O3S.